The van der Waals surface area contributed by atoms with Gasteiger partial charge in [0.05, 0.1) is 6.20 Å². The van der Waals surface area contributed by atoms with Crippen LogP contribution in [0.3, 0.4) is 0 Å². The van der Waals surface area contributed by atoms with Gasteiger partial charge in [0, 0.05) is 18.3 Å². The third-order valence-corrected chi connectivity index (χ3v) is 5.33. The van der Waals surface area contributed by atoms with Crippen LogP contribution in [-0.4, -0.2) is 18.2 Å². The van der Waals surface area contributed by atoms with Gasteiger partial charge in [-0.25, -0.2) is 17.5 Å². The van der Waals surface area contributed by atoms with Crippen LogP contribution in [0.15, 0.2) is 35.5 Å². The molecule has 0 spiro atoms. The normalized spacial score (nSPS) is 17.9. The number of nitrogens with one attached hydrogen (secondary N) is 1. The van der Waals surface area contributed by atoms with E-state index in [1.807, 2.05) is 13.8 Å². The van der Waals surface area contributed by atoms with Crippen LogP contribution in [0.4, 0.5) is 4.39 Å². The van der Waals surface area contributed by atoms with E-state index in [4.69, 9.17) is 0 Å². The van der Waals surface area contributed by atoms with Crippen LogP contribution in [0.2, 0.25) is 0 Å². The fourth-order valence-corrected chi connectivity index (χ4v) is 3.88. The van der Waals surface area contributed by atoms with Crippen LogP contribution < -0.4 is 4.72 Å². The lowest BCUT2D eigenvalue weighted by Crippen LogP contribution is -2.27. The van der Waals surface area contributed by atoms with E-state index in [9.17, 15) is 12.8 Å². The minimum atomic E-state index is -3.67. The maximum Gasteiger partial charge on any atom is 0.244 e. The van der Waals surface area contributed by atoms with Gasteiger partial charge in [-0.05, 0) is 49.9 Å². The van der Waals surface area contributed by atoms with Crippen LogP contribution in [0.5, 0.6) is 0 Å². The summed E-state index contributed by atoms with van der Waals surface area (Å²) < 4.78 is 42.6. The fraction of sp³-hybridized carbons (Fsp3) is 0.400. The minimum absolute atomic E-state index is 0.0882. The van der Waals surface area contributed by atoms with Gasteiger partial charge >= 0.3 is 0 Å². The third-order valence-electron chi connectivity index (χ3n) is 3.90. The summed E-state index contributed by atoms with van der Waals surface area (Å²) in [6, 6.07) is 4.23. The zero-order valence-electron chi connectivity index (χ0n) is 12.5. The van der Waals surface area contributed by atoms with E-state index >= 15 is 0 Å². The van der Waals surface area contributed by atoms with Crippen LogP contribution in [-0.2, 0) is 16.4 Å². The van der Waals surface area contributed by atoms with Crippen molar-refractivity contribution < 1.29 is 12.8 Å². The van der Waals surface area contributed by atoms with Crippen LogP contribution in [0.25, 0.3) is 0 Å². The van der Waals surface area contributed by atoms with Crippen molar-refractivity contribution in [1.82, 2.24) is 14.5 Å². The maximum atomic E-state index is 13.4. The van der Waals surface area contributed by atoms with E-state index in [-0.39, 0.29) is 16.8 Å². The molecule has 1 heterocycles. The second-order valence-corrected chi connectivity index (χ2v) is 7.52. The van der Waals surface area contributed by atoms with Crippen molar-refractivity contribution in [3.8, 4) is 0 Å². The van der Waals surface area contributed by atoms with Crippen molar-refractivity contribution in [3.63, 3.8) is 0 Å². The molecule has 1 aliphatic rings. The molecular formula is C15H18FN3O2S. The molecule has 1 atom stereocenters. The van der Waals surface area contributed by atoms with E-state index in [2.05, 4.69) is 9.82 Å². The summed E-state index contributed by atoms with van der Waals surface area (Å²) in [7, 11) is -3.67. The molecular weight excluding hydrogens is 305 g/mol. The standard InChI is InChI=1S/C15H18FN3O2S/c1-10(2)19-9-13(8-17-19)22(20,21)18-15-6-4-11-3-5-12(16)7-14(11)15/h3,5,7-10,15,18H,4,6H2,1-2H3/t15-/m1/s1. The molecule has 1 N–H and O–H groups in total. The number of benzene rings is 1. The summed E-state index contributed by atoms with van der Waals surface area (Å²) in [5, 5.41) is 4.05. The van der Waals surface area contributed by atoms with Crippen molar-refractivity contribution in [2.45, 2.75) is 43.7 Å². The largest absolute Gasteiger partial charge is 0.269 e. The molecule has 0 radical (unpaired) electrons. The van der Waals surface area contributed by atoms with Crippen molar-refractivity contribution in [2.75, 3.05) is 0 Å². The summed E-state index contributed by atoms with van der Waals surface area (Å²) in [4.78, 5) is 0.131. The van der Waals surface area contributed by atoms with Gasteiger partial charge in [-0.2, -0.15) is 5.10 Å². The molecule has 1 aromatic heterocycles. The van der Waals surface area contributed by atoms with E-state index in [0.717, 1.165) is 17.5 Å². The zero-order valence-corrected chi connectivity index (χ0v) is 13.3. The molecule has 7 heteroatoms. The first-order valence-corrected chi connectivity index (χ1v) is 8.70. The predicted molar refractivity (Wildman–Crippen MR) is 80.4 cm³/mol. The molecule has 0 aliphatic heterocycles. The molecule has 1 aromatic carbocycles. The van der Waals surface area contributed by atoms with Gasteiger partial charge in [-0.1, -0.05) is 6.07 Å². The topological polar surface area (TPSA) is 64.0 Å². The first-order valence-electron chi connectivity index (χ1n) is 7.21. The highest BCUT2D eigenvalue weighted by Gasteiger charge is 2.28. The zero-order chi connectivity index (χ0) is 15.9. The predicted octanol–water partition coefficient (Wildman–Crippen LogP) is 2.57. The Morgan fingerprint density at radius 1 is 1.41 bits per heavy atom. The molecule has 0 unspecified atom stereocenters. The Morgan fingerprint density at radius 2 is 2.18 bits per heavy atom. The van der Waals surface area contributed by atoms with E-state index < -0.39 is 16.1 Å². The summed E-state index contributed by atoms with van der Waals surface area (Å²) in [5.41, 5.74) is 1.71. The summed E-state index contributed by atoms with van der Waals surface area (Å²) in [6.45, 7) is 3.85. The molecule has 0 saturated heterocycles. The first kappa shape index (κ1) is 15.2. The van der Waals surface area contributed by atoms with Crippen molar-refractivity contribution in [1.29, 1.82) is 0 Å². The van der Waals surface area contributed by atoms with Crippen molar-refractivity contribution in [2.24, 2.45) is 0 Å². The molecule has 118 valence electrons. The Labute approximate surface area is 129 Å². The first-order chi connectivity index (χ1) is 10.4. The average molecular weight is 323 g/mol. The lowest BCUT2D eigenvalue weighted by Gasteiger charge is -2.13. The Hall–Kier alpha value is -1.73. The third kappa shape index (κ3) is 2.78. The minimum Gasteiger partial charge on any atom is -0.269 e. The number of halogens is 1. The molecule has 0 amide bonds. The smallest absolute Gasteiger partial charge is 0.244 e. The molecule has 5 nitrogen and oxygen atoms in total. The number of fused-ring (bicyclic) bond motifs is 1. The Morgan fingerprint density at radius 3 is 2.86 bits per heavy atom. The van der Waals surface area contributed by atoms with Gasteiger partial charge in [0.1, 0.15) is 10.7 Å². The Kier molecular flexibility index (Phi) is 3.78. The quantitative estimate of drug-likeness (QED) is 0.940. The summed E-state index contributed by atoms with van der Waals surface area (Å²) >= 11 is 0. The number of nitrogens with zero attached hydrogens (tertiary/aromatic N) is 2. The van der Waals surface area contributed by atoms with Crippen molar-refractivity contribution in [3.05, 3.63) is 47.5 Å². The number of aromatic nitrogens is 2. The average Bonchev–Trinajstić information content (AvgIpc) is 3.06. The van der Waals surface area contributed by atoms with E-state index in [1.165, 1.54) is 24.5 Å². The number of sulfonamides is 1. The highest BCUT2D eigenvalue weighted by Crippen LogP contribution is 2.32. The number of aryl methyl sites for hydroxylation is 1. The lowest BCUT2D eigenvalue weighted by molar-refractivity contribution is 0.530. The van der Waals surface area contributed by atoms with Gasteiger partial charge in [0.15, 0.2) is 0 Å². The summed E-state index contributed by atoms with van der Waals surface area (Å²) in [6.07, 6.45) is 4.22. The highest BCUT2D eigenvalue weighted by molar-refractivity contribution is 7.89. The van der Waals surface area contributed by atoms with Crippen LogP contribution in [0.1, 0.15) is 43.5 Å². The molecule has 2 aromatic rings. The molecule has 0 bridgehead atoms. The molecule has 0 fully saturated rings. The Bertz CT molecular complexity index is 799. The van der Waals surface area contributed by atoms with Gasteiger partial charge in [0.2, 0.25) is 10.0 Å². The number of hydrogen-bond acceptors (Lipinski definition) is 3. The fourth-order valence-electron chi connectivity index (χ4n) is 2.69. The molecule has 1 aliphatic carbocycles. The van der Waals surface area contributed by atoms with E-state index in [0.29, 0.717) is 6.42 Å². The van der Waals surface area contributed by atoms with Crippen molar-refractivity contribution >= 4 is 10.0 Å². The van der Waals surface area contributed by atoms with Crippen LogP contribution >= 0.6 is 0 Å². The maximum absolute atomic E-state index is 13.4. The monoisotopic (exact) mass is 323 g/mol. The Balaban J connectivity index is 1.85. The molecule has 3 rings (SSSR count). The van der Waals surface area contributed by atoms with E-state index in [1.54, 1.807) is 10.7 Å². The van der Waals surface area contributed by atoms with Gasteiger partial charge in [-0.3, -0.25) is 4.68 Å². The molecule has 0 saturated carbocycles. The SMILES string of the molecule is CC(C)n1cc(S(=O)(=O)N[C@@H]2CCc3ccc(F)cc32)cn1. The highest BCUT2D eigenvalue weighted by atomic mass is 32.2. The van der Waals surface area contributed by atoms with Gasteiger partial charge < -0.3 is 0 Å². The van der Waals surface area contributed by atoms with Crippen LogP contribution in [0, 0.1) is 5.82 Å². The number of rotatable bonds is 4. The summed E-state index contributed by atoms with van der Waals surface area (Å²) in [5.74, 6) is -0.350. The second-order valence-electron chi connectivity index (χ2n) is 5.81. The lowest BCUT2D eigenvalue weighted by atomic mass is 10.1. The second kappa shape index (κ2) is 5.48. The van der Waals surface area contributed by atoms with Gasteiger partial charge in [0.25, 0.3) is 0 Å². The van der Waals surface area contributed by atoms with Gasteiger partial charge in [-0.15, -0.1) is 0 Å². The number of hydrogen-bond donors (Lipinski definition) is 1. The molecule has 22 heavy (non-hydrogen) atoms.